The lowest BCUT2D eigenvalue weighted by atomic mass is 10.0. The Labute approximate surface area is 162 Å². The van der Waals surface area contributed by atoms with E-state index in [-0.39, 0.29) is 5.82 Å². The second kappa shape index (κ2) is 8.15. The lowest BCUT2D eigenvalue weighted by Gasteiger charge is -2.17. The summed E-state index contributed by atoms with van der Waals surface area (Å²) in [5.74, 6) is -0.488. The van der Waals surface area contributed by atoms with Gasteiger partial charge in [0.15, 0.2) is 29.5 Å². The average molecular weight is 371 g/mol. The summed E-state index contributed by atoms with van der Waals surface area (Å²) in [6.45, 7) is 1.55. The largest absolute Gasteiger partial charge is 0.482 e. The highest BCUT2D eigenvalue weighted by Crippen LogP contribution is 2.24. The molecule has 0 aliphatic heterocycles. The molecule has 1 heterocycles. The molecule has 7 heteroatoms. The molecule has 0 saturated heterocycles. The van der Waals surface area contributed by atoms with Crippen molar-refractivity contribution in [1.82, 2.24) is 14.8 Å². The van der Waals surface area contributed by atoms with Gasteiger partial charge < -0.3 is 9.30 Å². The van der Waals surface area contributed by atoms with Gasteiger partial charge >= 0.3 is 0 Å². The Morgan fingerprint density at radius 2 is 1.75 bits per heavy atom. The number of nitrogens with zero attached hydrogens (tertiary/aromatic N) is 5. The first-order valence-electron chi connectivity index (χ1n) is 8.60. The van der Waals surface area contributed by atoms with E-state index < -0.39 is 17.8 Å². The van der Waals surface area contributed by atoms with Crippen LogP contribution in [0.25, 0.3) is 11.4 Å². The Balaban J connectivity index is 1.86. The molecular weight excluding hydrogens is 354 g/mol. The molecule has 3 aromatic rings. The molecule has 7 nitrogen and oxygen atoms in total. The predicted octanol–water partition coefficient (Wildman–Crippen LogP) is 3.00. The van der Waals surface area contributed by atoms with Crippen molar-refractivity contribution in [3.63, 3.8) is 0 Å². The van der Waals surface area contributed by atoms with Crippen molar-refractivity contribution in [3.05, 3.63) is 66.0 Å². The van der Waals surface area contributed by atoms with Gasteiger partial charge in [0.1, 0.15) is 11.8 Å². The Kier molecular flexibility index (Phi) is 5.48. The smallest absolute Gasteiger partial charge is 0.197 e. The summed E-state index contributed by atoms with van der Waals surface area (Å²) in [4.78, 5) is 12.9. The average Bonchev–Trinajstić information content (AvgIpc) is 3.10. The van der Waals surface area contributed by atoms with Crippen LogP contribution in [-0.4, -0.2) is 26.7 Å². The van der Waals surface area contributed by atoms with E-state index in [0.29, 0.717) is 17.1 Å². The van der Waals surface area contributed by atoms with Crippen molar-refractivity contribution >= 4 is 5.78 Å². The Hall–Kier alpha value is -3.97. The van der Waals surface area contributed by atoms with E-state index in [2.05, 4.69) is 10.2 Å². The molecule has 0 radical (unpaired) electrons. The molecule has 0 bridgehead atoms. The summed E-state index contributed by atoms with van der Waals surface area (Å²) in [5.41, 5.74) is 1.15. The number of nitriles is 2. The van der Waals surface area contributed by atoms with E-state index in [1.807, 2.05) is 42.5 Å². The van der Waals surface area contributed by atoms with Crippen molar-refractivity contribution < 1.29 is 9.53 Å². The first kappa shape index (κ1) is 18.8. The van der Waals surface area contributed by atoms with Gasteiger partial charge in [-0.25, -0.2) is 0 Å². The number of aromatic nitrogens is 3. The van der Waals surface area contributed by atoms with Crippen LogP contribution in [0.2, 0.25) is 0 Å². The Morgan fingerprint density at radius 3 is 2.43 bits per heavy atom. The number of para-hydroxylation sites is 1. The van der Waals surface area contributed by atoms with Crippen LogP contribution in [-0.2, 0) is 11.8 Å². The SMILES string of the molecule is CC(Oc1ccccc1C#N)C(=O)C(C#N)c1nnc(-c2ccccc2)n1C. The molecule has 2 atom stereocenters. The molecule has 28 heavy (non-hydrogen) atoms. The first-order valence-corrected chi connectivity index (χ1v) is 8.60. The predicted molar refractivity (Wildman–Crippen MR) is 101 cm³/mol. The fourth-order valence-electron chi connectivity index (χ4n) is 2.82. The number of rotatable bonds is 6. The number of carbonyl (C=O) groups is 1. The zero-order valence-electron chi connectivity index (χ0n) is 15.4. The number of carbonyl (C=O) groups excluding carboxylic acids is 1. The van der Waals surface area contributed by atoms with Crippen molar-refractivity contribution in [3.8, 4) is 29.3 Å². The number of hydrogen-bond donors (Lipinski definition) is 0. The molecule has 0 aliphatic rings. The lowest BCUT2D eigenvalue weighted by molar-refractivity contribution is -0.125. The highest BCUT2D eigenvalue weighted by atomic mass is 16.5. The quantitative estimate of drug-likeness (QED) is 0.660. The molecule has 2 unspecified atom stereocenters. The molecule has 0 N–H and O–H groups in total. The van der Waals surface area contributed by atoms with Crippen LogP contribution >= 0.6 is 0 Å². The van der Waals surface area contributed by atoms with Gasteiger partial charge in [-0.1, -0.05) is 42.5 Å². The normalized spacial score (nSPS) is 12.4. The Bertz CT molecular complexity index is 1080. The van der Waals surface area contributed by atoms with Crippen molar-refractivity contribution in [2.45, 2.75) is 18.9 Å². The molecule has 2 aromatic carbocycles. The van der Waals surface area contributed by atoms with Crippen LogP contribution < -0.4 is 4.74 Å². The topological polar surface area (TPSA) is 105 Å². The van der Waals surface area contributed by atoms with Gasteiger partial charge in [0.25, 0.3) is 0 Å². The first-order chi connectivity index (χ1) is 13.6. The number of Topliss-reactive ketones (excluding diaryl/α,β-unsaturated/α-hetero) is 1. The molecule has 0 fully saturated rings. The van der Waals surface area contributed by atoms with E-state index in [0.717, 1.165) is 5.56 Å². The molecule has 0 aliphatic carbocycles. The number of ketones is 1. The molecule has 0 spiro atoms. The van der Waals surface area contributed by atoms with Crippen molar-refractivity contribution in [1.29, 1.82) is 10.5 Å². The maximum absolute atomic E-state index is 12.9. The third kappa shape index (κ3) is 3.60. The highest BCUT2D eigenvalue weighted by molar-refractivity contribution is 5.91. The molecule has 1 aromatic heterocycles. The van der Waals surface area contributed by atoms with Gasteiger partial charge in [0.2, 0.25) is 0 Å². The van der Waals surface area contributed by atoms with E-state index in [1.165, 1.54) is 0 Å². The summed E-state index contributed by atoms with van der Waals surface area (Å²) in [6, 6.07) is 20.0. The van der Waals surface area contributed by atoms with Crippen molar-refractivity contribution in [2.24, 2.45) is 7.05 Å². The van der Waals surface area contributed by atoms with Crippen LogP contribution in [0.1, 0.15) is 24.2 Å². The van der Waals surface area contributed by atoms with Crippen LogP contribution in [0.5, 0.6) is 5.75 Å². The fraction of sp³-hybridized carbons (Fsp3) is 0.190. The summed E-state index contributed by atoms with van der Waals surface area (Å²) < 4.78 is 7.29. The van der Waals surface area contributed by atoms with E-state index >= 15 is 0 Å². The number of benzene rings is 2. The molecule has 3 rings (SSSR count). The molecule has 0 saturated carbocycles. The maximum Gasteiger partial charge on any atom is 0.197 e. The minimum atomic E-state index is -1.14. The minimum absolute atomic E-state index is 0.246. The fourth-order valence-corrected chi connectivity index (χ4v) is 2.82. The second-order valence-corrected chi connectivity index (χ2v) is 6.14. The monoisotopic (exact) mass is 371 g/mol. The van der Waals surface area contributed by atoms with Gasteiger partial charge in [0.05, 0.1) is 11.6 Å². The van der Waals surface area contributed by atoms with Gasteiger partial charge in [-0.2, -0.15) is 10.5 Å². The second-order valence-electron chi connectivity index (χ2n) is 6.14. The minimum Gasteiger partial charge on any atom is -0.482 e. The summed E-state index contributed by atoms with van der Waals surface area (Å²) >= 11 is 0. The zero-order valence-corrected chi connectivity index (χ0v) is 15.4. The van der Waals surface area contributed by atoms with E-state index in [9.17, 15) is 10.1 Å². The molecule has 138 valence electrons. The van der Waals surface area contributed by atoms with Gasteiger partial charge in [-0.3, -0.25) is 4.79 Å². The summed E-state index contributed by atoms with van der Waals surface area (Å²) in [5, 5.41) is 27.0. The van der Waals surface area contributed by atoms with Crippen LogP contribution in [0.15, 0.2) is 54.6 Å². The van der Waals surface area contributed by atoms with Gasteiger partial charge in [-0.05, 0) is 19.1 Å². The van der Waals surface area contributed by atoms with Crippen molar-refractivity contribution in [2.75, 3.05) is 0 Å². The third-order valence-electron chi connectivity index (χ3n) is 4.32. The van der Waals surface area contributed by atoms with Gasteiger partial charge in [0, 0.05) is 12.6 Å². The van der Waals surface area contributed by atoms with Crippen LogP contribution in [0.3, 0.4) is 0 Å². The summed E-state index contributed by atoms with van der Waals surface area (Å²) in [7, 11) is 1.71. The summed E-state index contributed by atoms with van der Waals surface area (Å²) in [6.07, 6.45) is -0.934. The van der Waals surface area contributed by atoms with Crippen LogP contribution in [0.4, 0.5) is 0 Å². The zero-order chi connectivity index (χ0) is 20.1. The van der Waals surface area contributed by atoms with Crippen LogP contribution in [0, 0.1) is 22.7 Å². The maximum atomic E-state index is 12.9. The molecule has 0 amide bonds. The highest BCUT2D eigenvalue weighted by Gasteiger charge is 2.31. The standard InChI is InChI=1S/C21H17N5O2/c1-14(28-18-11-7-6-10-16(18)12-22)19(27)17(13-23)21-25-24-20(26(21)2)15-8-4-3-5-9-15/h3-11,14,17H,1-2H3. The lowest BCUT2D eigenvalue weighted by Crippen LogP contribution is -2.30. The number of ether oxygens (including phenoxy) is 1. The molecular formula is C21H17N5O2. The Morgan fingerprint density at radius 1 is 1.07 bits per heavy atom. The van der Waals surface area contributed by atoms with E-state index in [4.69, 9.17) is 10.00 Å². The number of hydrogen-bond acceptors (Lipinski definition) is 6. The van der Waals surface area contributed by atoms with E-state index in [1.54, 1.807) is 42.8 Å². The third-order valence-corrected chi connectivity index (χ3v) is 4.32. The van der Waals surface area contributed by atoms with Gasteiger partial charge in [-0.15, -0.1) is 10.2 Å².